The summed E-state index contributed by atoms with van der Waals surface area (Å²) in [7, 11) is 0. The number of hydrogen-bond donors (Lipinski definition) is 0. The molecule has 2 aliphatic rings. The van der Waals surface area contributed by atoms with Gasteiger partial charge in [-0.1, -0.05) is 220 Å². The molecule has 13 rings (SSSR count). The standard InChI is InChI=1S/C66H47N/c1-65(2)59-24-13-12-23-58(59)64-61(65)26-15-27-63(64)67(52-36-30-44(31-37-52)47-34-40-55-49(42-47)29-28-46-16-9-10-21-54(46)55)53-38-32-45(33-39-53)48-35-41-57-56-22-11-14-25-60(56)66(62(57)43-48,50-17-5-3-6-18-50)51-19-7-4-8-20-51/h3-43H,1-2H3. The fourth-order valence-electron chi connectivity index (χ4n) is 11.8. The first-order valence-corrected chi connectivity index (χ1v) is 23.5. The summed E-state index contributed by atoms with van der Waals surface area (Å²) in [5, 5.41) is 5.09. The third-order valence-corrected chi connectivity index (χ3v) is 14.9. The molecule has 0 bridgehead atoms. The Morgan fingerprint density at radius 3 is 1.52 bits per heavy atom. The molecule has 11 aromatic carbocycles. The Labute approximate surface area is 392 Å². The zero-order chi connectivity index (χ0) is 44.7. The van der Waals surface area contributed by atoms with Gasteiger partial charge in [0.15, 0.2) is 0 Å². The van der Waals surface area contributed by atoms with Gasteiger partial charge in [0.1, 0.15) is 0 Å². The Kier molecular flexibility index (Phi) is 8.85. The molecule has 0 aromatic heterocycles. The van der Waals surface area contributed by atoms with E-state index in [1.54, 1.807) is 0 Å². The molecule has 2 aliphatic carbocycles. The van der Waals surface area contributed by atoms with Gasteiger partial charge in [-0.05, 0) is 136 Å². The van der Waals surface area contributed by atoms with E-state index in [0.717, 1.165) is 11.4 Å². The SMILES string of the molecule is CC1(C)c2ccccc2-c2c(N(c3ccc(-c4ccc5c(c4)C(c4ccccc4)(c4ccccc4)c4ccccc4-5)cc3)c3ccc(-c4ccc5c(ccc6ccccc65)c4)cc3)cccc21. The van der Waals surface area contributed by atoms with Gasteiger partial charge in [0.05, 0.1) is 11.1 Å². The minimum Gasteiger partial charge on any atom is -0.310 e. The second kappa shape index (κ2) is 15.2. The van der Waals surface area contributed by atoms with Crippen molar-refractivity contribution < 1.29 is 0 Å². The van der Waals surface area contributed by atoms with E-state index in [0.29, 0.717) is 0 Å². The zero-order valence-electron chi connectivity index (χ0n) is 37.6. The summed E-state index contributed by atoms with van der Waals surface area (Å²) < 4.78 is 0. The maximum absolute atomic E-state index is 2.46. The molecule has 11 aromatic rings. The van der Waals surface area contributed by atoms with Gasteiger partial charge in [0.25, 0.3) is 0 Å². The van der Waals surface area contributed by atoms with Crippen molar-refractivity contribution in [1.29, 1.82) is 0 Å². The highest BCUT2D eigenvalue weighted by molar-refractivity contribution is 6.08. The summed E-state index contributed by atoms with van der Waals surface area (Å²) >= 11 is 0. The molecule has 1 nitrogen and oxygen atoms in total. The first kappa shape index (κ1) is 39.1. The Hall–Kier alpha value is -8.26. The van der Waals surface area contributed by atoms with Gasteiger partial charge < -0.3 is 4.90 Å². The second-order valence-electron chi connectivity index (χ2n) is 18.8. The van der Waals surface area contributed by atoms with Crippen LogP contribution in [0, 0.1) is 0 Å². The van der Waals surface area contributed by atoms with E-state index in [9.17, 15) is 0 Å². The van der Waals surface area contributed by atoms with Crippen molar-refractivity contribution in [3.63, 3.8) is 0 Å². The molecule has 67 heavy (non-hydrogen) atoms. The molecule has 0 spiro atoms. The van der Waals surface area contributed by atoms with Crippen LogP contribution in [0.25, 0.3) is 66.1 Å². The highest BCUT2D eigenvalue weighted by atomic mass is 15.1. The highest BCUT2D eigenvalue weighted by Crippen LogP contribution is 2.57. The van der Waals surface area contributed by atoms with Gasteiger partial charge in [-0.15, -0.1) is 0 Å². The van der Waals surface area contributed by atoms with Crippen LogP contribution in [0.1, 0.15) is 47.2 Å². The van der Waals surface area contributed by atoms with Gasteiger partial charge in [-0.2, -0.15) is 0 Å². The van der Waals surface area contributed by atoms with Gasteiger partial charge >= 0.3 is 0 Å². The van der Waals surface area contributed by atoms with Crippen LogP contribution in [0.3, 0.4) is 0 Å². The van der Waals surface area contributed by atoms with E-state index in [1.807, 2.05) is 0 Å². The van der Waals surface area contributed by atoms with Crippen molar-refractivity contribution in [2.24, 2.45) is 0 Å². The molecule has 0 saturated heterocycles. The lowest BCUT2D eigenvalue weighted by Crippen LogP contribution is -2.28. The van der Waals surface area contributed by atoms with Crippen LogP contribution in [0.5, 0.6) is 0 Å². The Bertz CT molecular complexity index is 3650. The molecule has 0 unspecified atom stereocenters. The number of nitrogens with zero attached hydrogens (tertiary/aromatic N) is 1. The molecular formula is C66H47N. The number of fused-ring (bicyclic) bond motifs is 9. The summed E-state index contributed by atoms with van der Waals surface area (Å²) in [5.41, 5.74) is 20.7. The Morgan fingerprint density at radius 1 is 0.313 bits per heavy atom. The van der Waals surface area contributed by atoms with Crippen LogP contribution >= 0.6 is 0 Å². The van der Waals surface area contributed by atoms with Crippen LogP contribution in [0.15, 0.2) is 249 Å². The first-order valence-electron chi connectivity index (χ1n) is 23.5. The molecule has 0 atom stereocenters. The normalized spacial score (nSPS) is 13.8. The van der Waals surface area contributed by atoms with E-state index in [4.69, 9.17) is 0 Å². The number of hydrogen-bond acceptors (Lipinski definition) is 1. The fourth-order valence-corrected chi connectivity index (χ4v) is 11.8. The van der Waals surface area contributed by atoms with Crippen LogP contribution in [-0.2, 0) is 10.8 Å². The van der Waals surface area contributed by atoms with Crippen molar-refractivity contribution in [1.82, 2.24) is 0 Å². The second-order valence-corrected chi connectivity index (χ2v) is 18.8. The van der Waals surface area contributed by atoms with Gasteiger partial charge in [-0.3, -0.25) is 0 Å². The molecular weight excluding hydrogens is 807 g/mol. The smallest absolute Gasteiger partial charge is 0.0713 e. The Balaban J connectivity index is 0.937. The van der Waals surface area contributed by atoms with Gasteiger partial charge in [-0.25, -0.2) is 0 Å². The molecule has 0 heterocycles. The van der Waals surface area contributed by atoms with Crippen molar-refractivity contribution in [2.45, 2.75) is 24.7 Å². The van der Waals surface area contributed by atoms with E-state index in [-0.39, 0.29) is 5.41 Å². The predicted octanol–water partition coefficient (Wildman–Crippen LogP) is 17.5. The number of rotatable bonds is 7. The number of anilines is 3. The van der Waals surface area contributed by atoms with Crippen LogP contribution < -0.4 is 4.90 Å². The average molecular weight is 854 g/mol. The minimum atomic E-state index is -0.452. The van der Waals surface area contributed by atoms with E-state index in [2.05, 4.69) is 267 Å². The predicted molar refractivity (Wildman–Crippen MR) is 282 cm³/mol. The largest absolute Gasteiger partial charge is 0.310 e. The van der Waals surface area contributed by atoms with E-state index >= 15 is 0 Å². The third kappa shape index (κ3) is 5.94. The summed E-state index contributed by atoms with van der Waals surface area (Å²) in [6.45, 7) is 4.72. The summed E-state index contributed by atoms with van der Waals surface area (Å²) in [4.78, 5) is 2.46. The zero-order valence-corrected chi connectivity index (χ0v) is 37.6. The molecule has 0 amide bonds. The van der Waals surface area contributed by atoms with Crippen molar-refractivity contribution >= 4 is 38.6 Å². The molecule has 0 N–H and O–H groups in total. The van der Waals surface area contributed by atoms with Crippen LogP contribution in [0.4, 0.5) is 17.1 Å². The van der Waals surface area contributed by atoms with Crippen molar-refractivity contribution in [3.05, 3.63) is 282 Å². The summed E-state index contributed by atoms with van der Waals surface area (Å²) in [6.07, 6.45) is 0. The first-order chi connectivity index (χ1) is 33.0. The van der Waals surface area contributed by atoms with Crippen molar-refractivity contribution in [2.75, 3.05) is 4.90 Å². The highest BCUT2D eigenvalue weighted by Gasteiger charge is 2.46. The quantitative estimate of drug-likeness (QED) is 0.144. The maximum Gasteiger partial charge on any atom is 0.0713 e. The number of benzene rings is 11. The summed E-state index contributed by atoms with van der Waals surface area (Å²) in [6, 6.07) is 92.5. The van der Waals surface area contributed by atoms with Gasteiger partial charge in [0.2, 0.25) is 0 Å². The average Bonchev–Trinajstić information content (AvgIpc) is 3.82. The van der Waals surface area contributed by atoms with Crippen LogP contribution in [-0.4, -0.2) is 0 Å². The van der Waals surface area contributed by atoms with E-state index < -0.39 is 5.41 Å². The molecule has 0 saturated carbocycles. The molecule has 0 fully saturated rings. The minimum absolute atomic E-state index is 0.120. The topological polar surface area (TPSA) is 3.24 Å². The molecule has 1 heteroatoms. The summed E-state index contributed by atoms with van der Waals surface area (Å²) in [5.74, 6) is 0. The molecule has 0 aliphatic heterocycles. The molecule has 316 valence electrons. The fraction of sp³-hybridized carbons (Fsp3) is 0.0606. The van der Waals surface area contributed by atoms with E-state index in [1.165, 1.54) is 105 Å². The lowest BCUT2D eigenvalue weighted by Gasteiger charge is -2.34. The maximum atomic E-state index is 2.46. The molecule has 0 radical (unpaired) electrons. The lowest BCUT2D eigenvalue weighted by molar-refractivity contribution is 0.660. The monoisotopic (exact) mass is 853 g/mol. The van der Waals surface area contributed by atoms with Crippen LogP contribution in [0.2, 0.25) is 0 Å². The van der Waals surface area contributed by atoms with Crippen molar-refractivity contribution in [3.8, 4) is 44.5 Å². The van der Waals surface area contributed by atoms with Gasteiger partial charge in [0, 0.05) is 22.4 Å². The third-order valence-electron chi connectivity index (χ3n) is 14.9. The Morgan fingerprint density at radius 2 is 0.821 bits per heavy atom. The lowest BCUT2D eigenvalue weighted by atomic mass is 9.67.